The van der Waals surface area contributed by atoms with Gasteiger partial charge < -0.3 is 10.4 Å². The second kappa shape index (κ2) is 6.73. The molecular weight excluding hydrogens is 277 g/mol. The van der Waals surface area contributed by atoms with Gasteiger partial charge in [0.25, 0.3) is 0 Å². The van der Waals surface area contributed by atoms with Crippen LogP contribution < -0.4 is 5.32 Å². The van der Waals surface area contributed by atoms with Crippen LogP contribution in [0.5, 0.6) is 5.75 Å². The molecule has 0 aliphatic rings. The average molecular weight is 294 g/mol. The van der Waals surface area contributed by atoms with E-state index in [1.807, 2.05) is 13.0 Å². The van der Waals surface area contributed by atoms with Gasteiger partial charge in [-0.25, -0.2) is 4.39 Å². The maximum absolute atomic E-state index is 14.1. The second-order valence-corrected chi connectivity index (χ2v) is 5.03. The van der Waals surface area contributed by atoms with Crippen LogP contribution in [0.3, 0.4) is 0 Å². The zero-order chi connectivity index (χ0) is 14.5. The van der Waals surface area contributed by atoms with Crippen molar-refractivity contribution in [3.8, 4) is 5.75 Å². The molecule has 2 aromatic rings. The predicted octanol–water partition coefficient (Wildman–Crippen LogP) is 4.08. The SMILES string of the molecule is CCNC(Cc1cccc(O)c1)c1cccc(Cl)c1F. The van der Waals surface area contributed by atoms with Gasteiger partial charge in [-0.1, -0.05) is 42.8 Å². The van der Waals surface area contributed by atoms with E-state index < -0.39 is 0 Å². The lowest BCUT2D eigenvalue weighted by Gasteiger charge is -2.19. The van der Waals surface area contributed by atoms with E-state index in [1.165, 1.54) is 6.07 Å². The number of hydrogen-bond acceptors (Lipinski definition) is 2. The zero-order valence-corrected chi connectivity index (χ0v) is 12.0. The summed E-state index contributed by atoms with van der Waals surface area (Å²) < 4.78 is 14.1. The van der Waals surface area contributed by atoms with E-state index in [2.05, 4.69) is 5.32 Å². The van der Waals surface area contributed by atoms with Gasteiger partial charge in [0.05, 0.1) is 5.02 Å². The first-order valence-corrected chi connectivity index (χ1v) is 6.94. The Hall–Kier alpha value is -1.58. The third kappa shape index (κ3) is 3.50. The molecule has 20 heavy (non-hydrogen) atoms. The van der Waals surface area contributed by atoms with Crippen molar-refractivity contribution in [2.24, 2.45) is 0 Å². The van der Waals surface area contributed by atoms with Gasteiger partial charge in [-0.2, -0.15) is 0 Å². The zero-order valence-electron chi connectivity index (χ0n) is 11.2. The Bertz CT molecular complexity index is 588. The Kier molecular flexibility index (Phi) is 4.99. The molecule has 0 spiro atoms. The smallest absolute Gasteiger partial charge is 0.146 e. The highest BCUT2D eigenvalue weighted by atomic mass is 35.5. The maximum atomic E-state index is 14.1. The number of rotatable bonds is 5. The van der Waals surface area contributed by atoms with E-state index in [0.29, 0.717) is 12.0 Å². The molecule has 0 aromatic heterocycles. The van der Waals surface area contributed by atoms with Crippen LogP contribution in [0.4, 0.5) is 4.39 Å². The first-order valence-electron chi connectivity index (χ1n) is 6.57. The summed E-state index contributed by atoms with van der Waals surface area (Å²) >= 11 is 5.84. The molecule has 0 bridgehead atoms. The number of benzene rings is 2. The molecule has 0 saturated heterocycles. The van der Waals surface area contributed by atoms with Crippen molar-refractivity contribution in [1.82, 2.24) is 5.32 Å². The summed E-state index contributed by atoms with van der Waals surface area (Å²) in [4.78, 5) is 0. The molecule has 0 saturated carbocycles. The monoisotopic (exact) mass is 293 g/mol. The van der Waals surface area contributed by atoms with Crippen molar-refractivity contribution in [3.05, 3.63) is 64.4 Å². The minimum Gasteiger partial charge on any atom is -0.508 e. The summed E-state index contributed by atoms with van der Waals surface area (Å²) in [5.74, 6) is -0.176. The fourth-order valence-electron chi connectivity index (χ4n) is 2.25. The van der Waals surface area contributed by atoms with Crippen LogP contribution in [0, 0.1) is 5.82 Å². The molecule has 0 fully saturated rings. The molecule has 2 aromatic carbocycles. The molecule has 1 atom stereocenters. The molecule has 0 aliphatic carbocycles. The number of halogens is 2. The molecule has 106 valence electrons. The number of likely N-dealkylation sites (N-methyl/N-ethyl adjacent to an activating group) is 1. The minimum absolute atomic E-state index is 0.126. The quantitative estimate of drug-likeness (QED) is 0.871. The van der Waals surface area contributed by atoms with Gasteiger partial charge in [-0.15, -0.1) is 0 Å². The van der Waals surface area contributed by atoms with Gasteiger partial charge in [0.2, 0.25) is 0 Å². The van der Waals surface area contributed by atoms with Crippen molar-refractivity contribution >= 4 is 11.6 Å². The van der Waals surface area contributed by atoms with E-state index in [9.17, 15) is 9.50 Å². The molecule has 0 aliphatic heterocycles. The van der Waals surface area contributed by atoms with Crippen molar-refractivity contribution in [3.63, 3.8) is 0 Å². The average Bonchev–Trinajstić information content (AvgIpc) is 2.42. The van der Waals surface area contributed by atoms with Gasteiger partial charge in [0, 0.05) is 11.6 Å². The van der Waals surface area contributed by atoms with Crippen LogP contribution >= 0.6 is 11.6 Å². The summed E-state index contributed by atoms with van der Waals surface area (Å²) in [6.45, 7) is 2.69. The molecule has 2 nitrogen and oxygen atoms in total. The van der Waals surface area contributed by atoms with E-state index in [-0.39, 0.29) is 22.6 Å². The Morgan fingerprint density at radius 2 is 2.00 bits per heavy atom. The number of nitrogens with one attached hydrogen (secondary N) is 1. The van der Waals surface area contributed by atoms with Crippen molar-refractivity contribution in [2.45, 2.75) is 19.4 Å². The van der Waals surface area contributed by atoms with Crippen molar-refractivity contribution in [2.75, 3.05) is 6.54 Å². The number of phenolic OH excluding ortho intramolecular Hbond substituents is 1. The van der Waals surface area contributed by atoms with Crippen LogP contribution in [0.25, 0.3) is 0 Å². The molecule has 0 radical (unpaired) electrons. The topological polar surface area (TPSA) is 32.3 Å². The first-order chi connectivity index (χ1) is 9.61. The Morgan fingerprint density at radius 3 is 2.70 bits per heavy atom. The number of phenols is 1. The third-order valence-corrected chi connectivity index (χ3v) is 3.45. The normalized spacial score (nSPS) is 12.3. The van der Waals surface area contributed by atoms with Gasteiger partial charge in [0.15, 0.2) is 0 Å². The summed E-state index contributed by atoms with van der Waals surface area (Å²) in [6.07, 6.45) is 0.583. The summed E-state index contributed by atoms with van der Waals surface area (Å²) in [6, 6.07) is 11.8. The molecule has 2 N–H and O–H groups in total. The lowest BCUT2D eigenvalue weighted by molar-refractivity contribution is 0.472. The van der Waals surface area contributed by atoms with Gasteiger partial charge >= 0.3 is 0 Å². The first kappa shape index (κ1) is 14.8. The highest BCUT2D eigenvalue weighted by Gasteiger charge is 2.17. The fraction of sp³-hybridized carbons (Fsp3) is 0.250. The van der Waals surface area contributed by atoms with Crippen LogP contribution in [0.1, 0.15) is 24.1 Å². The van der Waals surface area contributed by atoms with E-state index in [0.717, 1.165) is 12.1 Å². The van der Waals surface area contributed by atoms with E-state index in [4.69, 9.17) is 11.6 Å². The Balaban J connectivity index is 2.29. The summed E-state index contributed by atoms with van der Waals surface area (Å²) in [7, 11) is 0. The lowest BCUT2D eigenvalue weighted by Crippen LogP contribution is -2.24. The largest absolute Gasteiger partial charge is 0.508 e. The summed E-state index contributed by atoms with van der Waals surface area (Å²) in [5.41, 5.74) is 1.48. The molecule has 1 unspecified atom stereocenters. The van der Waals surface area contributed by atoms with Gasteiger partial charge in [0.1, 0.15) is 11.6 Å². The molecular formula is C16H17ClFNO. The standard InChI is InChI=1S/C16H17ClFNO/c1-2-19-15(10-11-5-3-6-12(20)9-11)13-7-4-8-14(17)16(13)18/h3-9,15,19-20H,2,10H2,1H3. The van der Waals surface area contributed by atoms with Crippen LogP contribution in [-0.4, -0.2) is 11.7 Å². The third-order valence-electron chi connectivity index (χ3n) is 3.16. The van der Waals surface area contributed by atoms with Crippen molar-refractivity contribution in [1.29, 1.82) is 0 Å². The maximum Gasteiger partial charge on any atom is 0.146 e. The Labute approximate surface area is 123 Å². The van der Waals surface area contributed by atoms with Crippen LogP contribution in [0.15, 0.2) is 42.5 Å². The van der Waals surface area contributed by atoms with Crippen LogP contribution in [-0.2, 0) is 6.42 Å². The van der Waals surface area contributed by atoms with E-state index >= 15 is 0 Å². The minimum atomic E-state index is -0.389. The van der Waals surface area contributed by atoms with Crippen molar-refractivity contribution < 1.29 is 9.50 Å². The molecule has 2 rings (SSSR count). The predicted molar refractivity (Wildman–Crippen MR) is 79.6 cm³/mol. The highest BCUT2D eigenvalue weighted by Crippen LogP contribution is 2.26. The Morgan fingerprint density at radius 1 is 1.25 bits per heavy atom. The number of hydrogen-bond donors (Lipinski definition) is 2. The highest BCUT2D eigenvalue weighted by molar-refractivity contribution is 6.30. The van der Waals surface area contributed by atoms with Crippen LogP contribution in [0.2, 0.25) is 5.02 Å². The van der Waals surface area contributed by atoms with Gasteiger partial charge in [-0.05, 0) is 36.7 Å². The number of aromatic hydroxyl groups is 1. The molecule has 0 heterocycles. The summed E-state index contributed by atoms with van der Waals surface area (Å²) in [5, 5.41) is 12.9. The van der Waals surface area contributed by atoms with Gasteiger partial charge in [-0.3, -0.25) is 0 Å². The molecule has 0 amide bonds. The lowest BCUT2D eigenvalue weighted by atomic mass is 9.98. The second-order valence-electron chi connectivity index (χ2n) is 4.63. The fourth-order valence-corrected chi connectivity index (χ4v) is 2.43. The van der Waals surface area contributed by atoms with E-state index in [1.54, 1.807) is 30.3 Å². The molecule has 4 heteroatoms.